The molecule has 0 atom stereocenters. The molecule has 9 heteroatoms. The second kappa shape index (κ2) is 12.8. The summed E-state index contributed by atoms with van der Waals surface area (Å²) in [4.78, 5) is 32.9. The van der Waals surface area contributed by atoms with Crippen LogP contribution in [0.25, 0.3) is 28.5 Å². The first-order chi connectivity index (χ1) is 17.1. The predicted octanol–water partition coefficient (Wildman–Crippen LogP) is 4.39. The Morgan fingerprint density at radius 2 is 1.78 bits per heavy atom. The fraction of sp³-hybridized carbons (Fsp3) is 0.185. The van der Waals surface area contributed by atoms with Gasteiger partial charge < -0.3 is 11.1 Å². The zero-order valence-electron chi connectivity index (χ0n) is 20.6. The molecule has 0 spiro atoms. The number of amidine groups is 1. The Morgan fingerprint density at radius 1 is 1.11 bits per heavy atom. The largest absolute Gasteiger partial charge is 0.372 e. The molecule has 186 valence electrons. The molecule has 4 N–H and O–H groups in total. The number of nitrogens with one attached hydrogen (secondary N) is 2. The first-order valence-electron chi connectivity index (χ1n) is 11.0. The smallest absolute Gasteiger partial charge is 0.269 e. The number of pyridine rings is 2. The first kappa shape index (κ1) is 27.7. The molecule has 0 aliphatic rings. The molecule has 2 amide bonds. The van der Waals surface area contributed by atoms with Crippen LogP contribution in [-0.4, -0.2) is 47.1 Å². The molecule has 2 heterocycles. The molecule has 0 radical (unpaired) electrons. The summed E-state index contributed by atoms with van der Waals surface area (Å²) >= 11 is 0. The van der Waals surface area contributed by atoms with Crippen molar-refractivity contribution in [1.29, 1.82) is 5.41 Å². The second-order valence-electron chi connectivity index (χ2n) is 8.11. The van der Waals surface area contributed by atoms with E-state index in [4.69, 9.17) is 10.2 Å². The van der Waals surface area contributed by atoms with E-state index in [0.29, 0.717) is 5.69 Å². The minimum atomic E-state index is -1.77. The van der Waals surface area contributed by atoms with Crippen LogP contribution in [0, 0.1) is 12.3 Å². The molecule has 0 aliphatic heterocycles. The first-order valence-corrected chi connectivity index (χ1v) is 11.0. The maximum absolute atomic E-state index is 13.7. The zero-order chi connectivity index (χ0) is 26.7. The van der Waals surface area contributed by atoms with Crippen LogP contribution in [0.2, 0.25) is 0 Å². The molecule has 36 heavy (non-hydrogen) atoms. The van der Waals surface area contributed by atoms with Crippen molar-refractivity contribution >= 4 is 30.4 Å². The molecule has 0 saturated heterocycles. The molecule has 3 aromatic rings. The van der Waals surface area contributed by atoms with Crippen LogP contribution in [0.4, 0.5) is 4.39 Å². The number of carbonyl (C=O) groups excluding carboxylic acids is 2. The van der Waals surface area contributed by atoms with E-state index in [1.807, 2.05) is 49.4 Å². The topological polar surface area (TPSA) is 134 Å². The maximum Gasteiger partial charge on any atom is 0.269 e. The molecule has 0 unspecified atom stereocenters. The van der Waals surface area contributed by atoms with Gasteiger partial charge in [0.15, 0.2) is 11.5 Å². The molecular weight excluding hydrogens is 459 g/mol. The van der Waals surface area contributed by atoms with E-state index < -0.39 is 5.67 Å². The zero-order valence-corrected chi connectivity index (χ0v) is 20.6. The Hall–Kier alpha value is -4.53. The summed E-state index contributed by atoms with van der Waals surface area (Å²) in [5.41, 5.74) is 8.33. The highest BCUT2D eigenvalue weighted by Crippen LogP contribution is 2.28. The number of alkyl halides is 1. The monoisotopic (exact) mass is 488 g/mol. The Bertz CT molecular complexity index is 1300. The molecule has 8 nitrogen and oxygen atoms in total. The average Bonchev–Trinajstić information content (AvgIpc) is 2.87. The molecular formula is C27H29FN6O2. The van der Waals surface area contributed by atoms with Crippen molar-refractivity contribution in [1.82, 2.24) is 15.3 Å². The number of aryl methyl sites for hydroxylation is 1. The van der Waals surface area contributed by atoms with Gasteiger partial charge in [-0.3, -0.25) is 25.0 Å². The third-order valence-electron chi connectivity index (χ3n) is 4.99. The second-order valence-corrected chi connectivity index (χ2v) is 8.11. The number of allylic oxidation sites excluding steroid dienone is 1. The summed E-state index contributed by atoms with van der Waals surface area (Å²) < 4.78 is 13.7. The Kier molecular flexibility index (Phi) is 9.85. The number of hydrogen-bond acceptors (Lipinski definition) is 5. The number of hydrogen-bond donors (Lipinski definition) is 3. The van der Waals surface area contributed by atoms with Crippen molar-refractivity contribution in [2.75, 3.05) is 7.05 Å². The normalized spacial score (nSPS) is 11.1. The number of nitrogens with zero attached hydrogens (tertiary/aromatic N) is 3. The standard InChI is InChI=1S/C26H26FN5O.CH3NO/c1-17-7-8-18(6-5-11-32-25(28)26(2,3)27)14-21(17)19-9-12-30-22(15-19)20-10-13-31-23(16-20)24(33)29-4;2-1-3/h5-16,28H,1-4H3,(H,29,33);1H,(H2,2,3)/b6-5+,28-25?,32-11?;. The van der Waals surface area contributed by atoms with Crippen LogP contribution in [-0.2, 0) is 4.79 Å². The third kappa shape index (κ3) is 7.76. The van der Waals surface area contributed by atoms with E-state index in [1.165, 1.54) is 20.1 Å². The van der Waals surface area contributed by atoms with Crippen LogP contribution in [0.15, 0.2) is 65.9 Å². The van der Waals surface area contributed by atoms with Crippen LogP contribution >= 0.6 is 0 Å². The lowest BCUT2D eigenvalue weighted by Crippen LogP contribution is -2.23. The van der Waals surface area contributed by atoms with Gasteiger partial charge in [-0.15, -0.1) is 0 Å². The van der Waals surface area contributed by atoms with Gasteiger partial charge in [-0.25, -0.2) is 9.38 Å². The van der Waals surface area contributed by atoms with Gasteiger partial charge in [0.25, 0.3) is 5.91 Å². The van der Waals surface area contributed by atoms with Crippen LogP contribution in [0.1, 0.15) is 35.5 Å². The van der Waals surface area contributed by atoms with Gasteiger partial charge in [-0.1, -0.05) is 18.2 Å². The van der Waals surface area contributed by atoms with Crippen LogP contribution in [0.3, 0.4) is 0 Å². The summed E-state index contributed by atoms with van der Waals surface area (Å²) in [5.74, 6) is -0.575. The summed E-state index contributed by atoms with van der Waals surface area (Å²) in [6.07, 6.45) is 8.54. The highest BCUT2D eigenvalue weighted by Gasteiger charge is 2.21. The van der Waals surface area contributed by atoms with Crippen LogP contribution in [0.5, 0.6) is 0 Å². The quantitative estimate of drug-likeness (QED) is 0.269. The summed E-state index contributed by atoms with van der Waals surface area (Å²) in [5, 5.41) is 10.2. The number of carbonyl (C=O) groups is 2. The van der Waals surface area contributed by atoms with E-state index in [9.17, 15) is 9.18 Å². The van der Waals surface area contributed by atoms with Gasteiger partial charge >= 0.3 is 0 Å². The fourth-order valence-corrected chi connectivity index (χ4v) is 3.08. The van der Waals surface area contributed by atoms with E-state index in [1.54, 1.807) is 31.6 Å². The molecule has 2 aromatic heterocycles. The van der Waals surface area contributed by atoms with Gasteiger partial charge in [0.2, 0.25) is 6.41 Å². The highest BCUT2D eigenvalue weighted by molar-refractivity contribution is 5.96. The number of benzene rings is 1. The molecule has 0 saturated carbocycles. The fourth-order valence-electron chi connectivity index (χ4n) is 3.08. The third-order valence-corrected chi connectivity index (χ3v) is 4.99. The number of halogens is 1. The van der Waals surface area contributed by atoms with Gasteiger partial charge in [0, 0.05) is 31.2 Å². The van der Waals surface area contributed by atoms with Gasteiger partial charge in [-0.05, 0) is 79.4 Å². The highest BCUT2D eigenvalue weighted by atomic mass is 19.1. The lowest BCUT2D eigenvalue weighted by atomic mass is 9.97. The van der Waals surface area contributed by atoms with Gasteiger partial charge in [-0.2, -0.15) is 0 Å². The minimum Gasteiger partial charge on any atom is -0.372 e. The summed E-state index contributed by atoms with van der Waals surface area (Å²) in [7, 11) is 1.57. The number of rotatable bonds is 6. The van der Waals surface area contributed by atoms with Gasteiger partial charge in [0.1, 0.15) is 5.69 Å². The van der Waals surface area contributed by atoms with E-state index in [2.05, 4.69) is 26.0 Å². The minimum absolute atomic E-state index is 0.250. The lowest BCUT2D eigenvalue weighted by Gasteiger charge is -2.10. The van der Waals surface area contributed by atoms with Crippen molar-refractivity contribution < 1.29 is 14.0 Å². The van der Waals surface area contributed by atoms with Gasteiger partial charge in [0.05, 0.1) is 5.69 Å². The average molecular weight is 489 g/mol. The van der Waals surface area contributed by atoms with Crippen molar-refractivity contribution in [3.63, 3.8) is 0 Å². The number of aliphatic imine (C=N–C) groups is 1. The van der Waals surface area contributed by atoms with Crippen LogP contribution < -0.4 is 11.1 Å². The van der Waals surface area contributed by atoms with E-state index >= 15 is 0 Å². The number of primary amides is 1. The molecule has 0 fully saturated rings. The predicted molar refractivity (Wildman–Crippen MR) is 142 cm³/mol. The number of nitrogens with two attached hydrogens (primary N) is 1. The Balaban J connectivity index is 0.00000145. The Morgan fingerprint density at radius 3 is 2.44 bits per heavy atom. The summed E-state index contributed by atoms with van der Waals surface area (Å²) in [6, 6.07) is 13.5. The van der Waals surface area contributed by atoms with Crippen molar-refractivity contribution in [3.05, 3.63) is 77.8 Å². The van der Waals surface area contributed by atoms with Crippen molar-refractivity contribution in [2.45, 2.75) is 26.4 Å². The lowest BCUT2D eigenvalue weighted by molar-refractivity contribution is -0.106. The number of aromatic nitrogens is 2. The van der Waals surface area contributed by atoms with E-state index in [-0.39, 0.29) is 18.2 Å². The van der Waals surface area contributed by atoms with Crippen molar-refractivity contribution in [2.24, 2.45) is 10.7 Å². The Labute approximate surface area is 209 Å². The summed E-state index contributed by atoms with van der Waals surface area (Å²) in [6.45, 7) is 4.64. The van der Waals surface area contributed by atoms with Crippen molar-refractivity contribution in [3.8, 4) is 22.4 Å². The molecule has 3 rings (SSSR count). The SMILES string of the molecule is CNC(=O)c1cc(-c2cc(-c3cc(/C=C/C=NC(=N)C(C)(C)F)ccc3C)ccn2)ccn1.NC=O. The van der Waals surface area contributed by atoms with E-state index in [0.717, 1.165) is 33.5 Å². The molecule has 0 bridgehead atoms. The number of amides is 2. The molecule has 1 aromatic carbocycles. The maximum atomic E-state index is 13.7. The molecule has 0 aliphatic carbocycles.